The number of rotatable bonds is 5. The van der Waals surface area contributed by atoms with Crippen LogP contribution in [0.15, 0.2) is 48.5 Å². The minimum atomic E-state index is -0.435. The number of carbonyl (C=O) groups excluding carboxylic acids is 1. The molecule has 0 unspecified atom stereocenters. The van der Waals surface area contributed by atoms with Gasteiger partial charge >= 0.3 is 5.97 Å². The van der Waals surface area contributed by atoms with E-state index in [1.165, 1.54) is 11.3 Å². The molecule has 0 bridgehead atoms. The van der Waals surface area contributed by atoms with Gasteiger partial charge in [-0.1, -0.05) is 41.4 Å². The number of esters is 1. The highest BCUT2D eigenvalue weighted by molar-refractivity contribution is 7.17. The lowest BCUT2D eigenvalue weighted by Gasteiger charge is -2.05. The smallest absolute Gasteiger partial charge is 0.338 e. The lowest BCUT2D eigenvalue weighted by Crippen LogP contribution is -2.14. The number of nitrogens with zero attached hydrogens (tertiary/aromatic N) is 1. The first kappa shape index (κ1) is 18.3. The fourth-order valence-corrected chi connectivity index (χ4v) is 3.50. The van der Waals surface area contributed by atoms with Gasteiger partial charge in [0.05, 0.1) is 21.8 Å². The summed E-state index contributed by atoms with van der Waals surface area (Å²) in [7, 11) is 0. The summed E-state index contributed by atoms with van der Waals surface area (Å²) in [6, 6.07) is 14.6. The maximum Gasteiger partial charge on any atom is 0.338 e. The second kappa shape index (κ2) is 7.81. The molecule has 3 aromatic rings. The number of ether oxygens (including phenoxy) is 1. The van der Waals surface area contributed by atoms with Crippen molar-refractivity contribution in [2.75, 3.05) is 6.61 Å². The van der Waals surface area contributed by atoms with E-state index in [-0.39, 0.29) is 12.3 Å². The van der Waals surface area contributed by atoms with E-state index < -0.39 is 5.97 Å². The van der Waals surface area contributed by atoms with Gasteiger partial charge in [-0.25, -0.2) is 9.78 Å². The summed E-state index contributed by atoms with van der Waals surface area (Å²) in [5.74, 6) is -0.435. The summed E-state index contributed by atoms with van der Waals surface area (Å²) < 4.78 is 5.27. The van der Waals surface area contributed by atoms with Crippen molar-refractivity contribution in [3.05, 3.63) is 75.3 Å². The molecular formula is C20H17ClN2O2S. The summed E-state index contributed by atoms with van der Waals surface area (Å²) in [4.78, 5) is 17.3. The Balaban J connectivity index is 1.69. The number of nitrogens with one attached hydrogen (secondary N) is 1. The molecule has 1 N–H and O–H groups in total. The van der Waals surface area contributed by atoms with E-state index in [9.17, 15) is 4.79 Å². The lowest BCUT2D eigenvalue weighted by molar-refractivity contribution is 0.0563. The largest absolute Gasteiger partial charge is 0.456 e. The molecule has 4 nitrogen and oxygen atoms in total. The molecule has 0 aliphatic rings. The molecule has 0 amide bonds. The van der Waals surface area contributed by atoms with E-state index in [0.717, 1.165) is 21.8 Å². The number of benzene rings is 2. The SMILES string of the molecule is Cc1ccc(C(=O)OCC(=N)c2sc(-c3ccc(Cl)cc3)nc2C)cc1. The number of thiazole rings is 1. The summed E-state index contributed by atoms with van der Waals surface area (Å²) in [6.45, 7) is 3.72. The average Bonchev–Trinajstić information content (AvgIpc) is 3.02. The molecule has 26 heavy (non-hydrogen) atoms. The van der Waals surface area contributed by atoms with Crippen LogP contribution in [-0.4, -0.2) is 23.3 Å². The van der Waals surface area contributed by atoms with Crippen LogP contribution in [0.3, 0.4) is 0 Å². The number of halogens is 1. The monoisotopic (exact) mass is 384 g/mol. The highest BCUT2D eigenvalue weighted by atomic mass is 35.5. The predicted molar refractivity (Wildman–Crippen MR) is 106 cm³/mol. The van der Waals surface area contributed by atoms with Crippen molar-refractivity contribution in [2.24, 2.45) is 0 Å². The topological polar surface area (TPSA) is 63.0 Å². The van der Waals surface area contributed by atoms with Gasteiger partial charge in [-0.15, -0.1) is 11.3 Å². The maximum atomic E-state index is 12.1. The maximum absolute atomic E-state index is 12.1. The molecule has 1 heterocycles. The summed E-state index contributed by atoms with van der Waals surface area (Å²) >= 11 is 7.32. The first-order chi connectivity index (χ1) is 12.4. The molecule has 2 aromatic carbocycles. The number of aryl methyl sites for hydroxylation is 2. The van der Waals surface area contributed by atoms with E-state index in [1.807, 2.05) is 50.2 Å². The molecule has 132 valence electrons. The quantitative estimate of drug-likeness (QED) is 0.479. The fraction of sp³-hybridized carbons (Fsp3) is 0.150. The lowest BCUT2D eigenvalue weighted by atomic mass is 10.1. The zero-order chi connectivity index (χ0) is 18.7. The average molecular weight is 385 g/mol. The highest BCUT2D eigenvalue weighted by Gasteiger charge is 2.16. The Labute approximate surface area is 160 Å². The molecule has 0 radical (unpaired) electrons. The van der Waals surface area contributed by atoms with Crippen LogP contribution in [0.25, 0.3) is 10.6 Å². The van der Waals surface area contributed by atoms with Crippen molar-refractivity contribution < 1.29 is 9.53 Å². The Morgan fingerprint density at radius 2 is 1.77 bits per heavy atom. The van der Waals surface area contributed by atoms with E-state index in [2.05, 4.69) is 4.98 Å². The van der Waals surface area contributed by atoms with E-state index >= 15 is 0 Å². The number of carbonyl (C=O) groups is 1. The third-order valence-electron chi connectivity index (χ3n) is 3.80. The second-order valence-electron chi connectivity index (χ2n) is 5.86. The molecule has 3 rings (SSSR count). The van der Waals surface area contributed by atoms with Crippen LogP contribution < -0.4 is 0 Å². The Morgan fingerprint density at radius 3 is 2.42 bits per heavy atom. The van der Waals surface area contributed by atoms with Gasteiger partial charge in [0.1, 0.15) is 11.6 Å². The number of aromatic nitrogens is 1. The molecule has 0 aliphatic carbocycles. The Hall–Kier alpha value is -2.50. The predicted octanol–water partition coefficient (Wildman–Crippen LogP) is 5.31. The van der Waals surface area contributed by atoms with Crippen LogP contribution >= 0.6 is 22.9 Å². The molecule has 0 aliphatic heterocycles. The molecule has 0 fully saturated rings. The zero-order valence-corrected chi connectivity index (χ0v) is 15.9. The molecule has 0 saturated heterocycles. The minimum Gasteiger partial charge on any atom is -0.456 e. The minimum absolute atomic E-state index is 0.0875. The van der Waals surface area contributed by atoms with Crippen LogP contribution in [0.1, 0.15) is 26.5 Å². The van der Waals surface area contributed by atoms with Gasteiger partial charge < -0.3 is 10.1 Å². The van der Waals surface area contributed by atoms with Crippen LogP contribution in [-0.2, 0) is 4.74 Å². The van der Waals surface area contributed by atoms with Crippen molar-refractivity contribution in [3.8, 4) is 10.6 Å². The van der Waals surface area contributed by atoms with Crippen LogP contribution in [0, 0.1) is 19.3 Å². The van der Waals surface area contributed by atoms with Crippen LogP contribution in [0.2, 0.25) is 5.02 Å². The van der Waals surface area contributed by atoms with Gasteiger partial charge in [0.25, 0.3) is 0 Å². The Bertz CT molecular complexity index is 947. The summed E-state index contributed by atoms with van der Waals surface area (Å²) in [5.41, 5.74) is 3.48. The third-order valence-corrected chi connectivity index (χ3v) is 5.31. The normalized spacial score (nSPS) is 10.6. The summed E-state index contributed by atoms with van der Waals surface area (Å²) in [6.07, 6.45) is 0. The highest BCUT2D eigenvalue weighted by Crippen LogP contribution is 2.29. The van der Waals surface area contributed by atoms with E-state index in [0.29, 0.717) is 15.5 Å². The first-order valence-corrected chi connectivity index (χ1v) is 9.18. The first-order valence-electron chi connectivity index (χ1n) is 7.99. The second-order valence-corrected chi connectivity index (χ2v) is 7.30. The molecular weight excluding hydrogens is 368 g/mol. The Kier molecular flexibility index (Phi) is 5.49. The van der Waals surface area contributed by atoms with Crippen molar-refractivity contribution >= 4 is 34.6 Å². The molecule has 6 heteroatoms. The van der Waals surface area contributed by atoms with E-state index in [1.54, 1.807) is 12.1 Å². The van der Waals surface area contributed by atoms with Gasteiger partial charge in [-0.2, -0.15) is 0 Å². The molecule has 0 atom stereocenters. The fourth-order valence-electron chi connectivity index (χ4n) is 2.37. The van der Waals surface area contributed by atoms with Gasteiger partial charge in [0.2, 0.25) is 0 Å². The number of hydrogen-bond acceptors (Lipinski definition) is 5. The Morgan fingerprint density at radius 1 is 1.12 bits per heavy atom. The standard InChI is InChI=1S/C20H17ClN2O2S/c1-12-3-5-15(6-4-12)20(24)25-11-17(22)18-13(2)23-19(26-18)14-7-9-16(21)10-8-14/h3-10,22H,11H2,1-2H3. The van der Waals surface area contributed by atoms with Crippen molar-refractivity contribution in [1.82, 2.24) is 4.98 Å². The zero-order valence-electron chi connectivity index (χ0n) is 14.4. The van der Waals surface area contributed by atoms with Crippen molar-refractivity contribution in [3.63, 3.8) is 0 Å². The molecule has 0 spiro atoms. The van der Waals surface area contributed by atoms with Gasteiger partial charge in [-0.05, 0) is 38.1 Å². The van der Waals surface area contributed by atoms with Gasteiger partial charge in [0.15, 0.2) is 0 Å². The number of hydrogen-bond donors (Lipinski definition) is 1. The van der Waals surface area contributed by atoms with Crippen molar-refractivity contribution in [1.29, 1.82) is 5.41 Å². The van der Waals surface area contributed by atoms with Gasteiger partial charge in [0, 0.05) is 10.6 Å². The van der Waals surface area contributed by atoms with Crippen LogP contribution in [0.5, 0.6) is 0 Å². The van der Waals surface area contributed by atoms with Crippen molar-refractivity contribution in [2.45, 2.75) is 13.8 Å². The third kappa shape index (κ3) is 4.18. The van der Waals surface area contributed by atoms with E-state index in [4.69, 9.17) is 21.7 Å². The summed E-state index contributed by atoms with van der Waals surface area (Å²) in [5, 5.41) is 9.72. The van der Waals surface area contributed by atoms with Gasteiger partial charge in [-0.3, -0.25) is 0 Å². The molecule has 0 saturated carbocycles. The van der Waals surface area contributed by atoms with Crippen LogP contribution in [0.4, 0.5) is 0 Å². The molecule has 1 aromatic heterocycles.